The van der Waals surface area contributed by atoms with Crippen molar-refractivity contribution in [2.45, 2.75) is 51.0 Å². The predicted octanol–water partition coefficient (Wildman–Crippen LogP) is 6.73. The molecule has 0 spiro atoms. The van der Waals surface area contributed by atoms with Crippen molar-refractivity contribution in [3.63, 3.8) is 0 Å². The van der Waals surface area contributed by atoms with Gasteiger partial charge >= 0.3 is 0 Å². The molecular weight excluding hydrogens is 530 g/mol. The Morgan fingerprint density at radius 2 is 1.63 bits per heavy atom. The molecule has 1 aliphatic heterocycles. The average Bonchev–Trinajstić information content (AvgIpc) is 2.85. The van der Waals surface area contributed by atoms with E-state index in [-0.39, 0.29) is 11.6 Å². The summed E-state index contributed by atoms with van der Waals surface area (Å²) in [7, 11) is 3.56. The van der Waals surface area contributed by atoms with Crippen LogP contribution < -0.4 is 9.47 Å². The molecule has 0 bridgehead atoms. The van der Waals surface area contributed by atoms with Crippen molar-refractivity contribution >= 4 is 39.1 Å². The van der Waals surface area contributed by atoms with E-state index >= 15 is 0 Å². The molecule has 0 saturated heterocycles. The molecule has 0 atom stereocenters. The molecule has 1 heterocycles. The molecule has 2 aromatic rings. The van der Waals surface area contributed by atoms with E-state index in [1.807, 2.05) is 43.4 Å². The number of carbonyl (C=O) groups is 2. The van der Waals surface area contributed by atoms with Gasteiger partial charge in [-0.15, -0.1) is 0 Å². The van der Waals surface area contributed by atoms with E-state index in [1.54, 1.807) is 7.11 Å². The van der Waals surface area contributed by atoms with Crippen LogP contribution in [0.3, 0.4) is 0 Å². The van der Waals surface area contributed by atoms with Crippen LogP contribution in [0.1, 0.15) is 55.6 Å². The molecule has 0 aromatic heterocycles. The van der Waals surface area contributed by atoms with Crippen molar-refractivity contribution in [2.75, 3.05) is 14.2 Å². The van der Waals surface area contributed by atoms with Crippen LogP contribution in [0, 0.1) is 0 Å². The van der Waals surface area contributed by atoms with Crippen molar-refractivity contribution in [1.29, 1.82) is 0 Å². The largest absolute Gasteiger partial charge is 0.493 e. The maximum Gasteiger partial charge on any atom is 0.180 e. The summed E-state index contributed by atoms with van der Waals surface area (Å²) in [6.07, 6.45) is 4.32. The van der Waals surface area contributed by atoms with Crippen molar-refractivity contribution in [3.8, 4) is 11.5 Å². The van der Waals surface area contributed by atoms with E-state index in [0.29, 0.717) is 36.0 Å². The van der Waals surface area contributed by atoms with Crippen LogP contribution in [0.4, 0.5) is 0 Å². The molecule has 0 fully saturated rings. The second kappa shape index (κ2) is 9.82. The van der Waals surface area contributed by atoms with E-state index in [2.05, 4.69) is 20.8 Å². The van der Waals surface area contributed by atoms with Gasteiger partial charge < -0.3 is 14.4 Å². The van der Waals surface area contributed by atoms with Gasteiger partial charge in [0.15, 0.2) is 23.1 Å². The van der Waals surface area contributed by atoms with Crippen molar-refractivity contribution in [2.24, 2.45) is 0 Å². The SMILES string of the molecule is COc1cc(C2C3=C(CCCC3=O)N(C)C3=C2C(=O)CCC3)cc(Cl)c1OCc1ccccc1Br. The minimum Gasteiger partial charge on any atom is -0.493 e. The normalized spacial score (nSPS) is 18.6. The Kier molecular flexibility index (Phi) is 6.78. The summed E-state index contributed by atoms with van der Waals surface area (Å²) < 4.78 is 12.7. The molecule has 2 aromatic carbocycles. The molecule has 7 heteroatoms. The third-order valence-electron chi connectivity index (χ3n) is 7.16. The summed E-state index contributed by atoms with van der Waals surface area (Å²) in [5.74, 6) is 0.708. The van der Waals surface area contributed by atoms with Crippen molar-refractivity contribution in [3.05, 3.63) is 79.6 Å². The molecule has 5 rings (SSSR count). The predicted molar refractivity (Wildman–Crippen MR) is 139 cm³/mol. The van der Waals surface area contributed by atoms with E-state index in [4.69, 9.17) is 21.1 Å². The maximum absolute atomic E-state index is 13.2. The highest BCUT2D eigenvalue weighted by atomic mass is 79.9. The molecule has 0 unspecified atom stereocenters. The lowest BCUT2D eigenvalue weighted by atomic mass is 9.71. The van der Waals surface area contributed by atoms with Crippen LogP contribution in [0.15, 0.2) is 63.4 Å². The maximum atomic E-state index is 13.2. The third-order valence-corrected chi connectivity index (χ3v) is 8.21. The van der Waals surface area contributed by atoms with Gasteiger partial charge in [0.2, 0.25) is 0 Å². The summed E-state index contributed by atoms with van der Waals surface area (Å²) in [4.78, 5) is 28.6. The monoisotopic (exact) mass is 555 g/mol. The van der Waals surface area contributed by atoms with Gasteiger partial charge in [-0.25, -0.2) is 0 Å². The van der Waals surface area contributed by atoms with E-state index in [1.165, 1.54) is 0 Å². The molecule has 35 heavy (non-hydrogen) atoms. The second-order valence-electron chi connectivity index (χ2n) is 9.18. The fourth-order valence-electron chi connectivity index (χ4n) is 5.50. The Labute approximate surface area is 218 Å². The highest BCUT2D eigenvalue weighted by molar-refractivity contribution is 9.10. The van der Waals surface area contributed by atoms with Crippen LogP contribution in [0.5, 0.6) is 11.5 Å². The number of hydrogen-bond donors (Lipinski definition) is 0. The number of ketones is 2. The fourth-order valence-corrected chi connectivity index (χ4v) is 6.17. The van der Waals surface area contributed by atoms with Crippen molar-refractivity contribution in [1.82, 2.24) is 4.90 Å². The number of ether oxygens (including phenoxy) is 2. The first-order valence-corrected chi connectivity index (χ1v) is 13.1. The topological polar surface area (TPSA) is 55.8 Å². The summed E-state index contributed by atoms with van der Waals surface area (Å²) in [5.41, 5.74) is 5.29. The van der Waals surface area contributed by atoms with Crippen LogP contribution >= 0.6 is 27.5 Å². The van der Waals surface area contributed by atoms with Gasteiger partial charge in [0.25, 0.3) is 0 Å². The summed E-state index contributed by atoms with van der Waals surface area (Å²) in [6, 6.07) is 11.5. The molecule has 3 aliphatic rings. The highest BCUT2D eigenvalue weighted by Crippen LogP contribution is 2.50. The average molecular weight is 557 g/mol. The molecule has 2 aliphatic carbocycles. The number of Topliss-reactive ketones (excluding diaryl/α,β-unsaturated/α-hetero) is 2. The van der Waals surface area contributed by atoms with Crippen LogP contribution in [-0.2, 0) is 16.2 Å². The molecule has 182 valence electrons. The first-order chi connectivity index (χ1) is 16.9. The second-order valence-corrected chi connectivity index (χ2v) is 10.4. The van der Waals surface area contributed by atoms with Gasteiger partial charge in [-0.05, 0) is 49.4 Å². The minimum atomic E-state index is -0.430. The zero-order chi connectivity index (χ0) is 24.7. The lowest BCUT2D eigenvalue weighted by Gasteiger charge is -2.42. The van der Waals surface area contributed by atoms with E-state index < -0.39 is 5.92 Å². The van der Waals surface area contributed by atoms with Gasteiger partial charge in [0.1, 0.15) is 6.61 Å². The number of nitrogens with zero attached hydrogens (tertiary/aromatic N) is 1. The fraction of sp³-hybridized carbons (Fsp3) is 0.357. The zero-order valence-corrected chi connectivity index (χ0v) is 22.2. The third kappa shape index (κ3) is 4.31. The first-order valence-electron chi connectivity index (χ1n) is 11.9. The van der Waals surface area contributed by atoms with E-state index in [9.17, 15) is 9.59 Å². The van der Waals surface area contributed by atoms with Crippen LogP contribution in [-0.4, -0.2) is 30.6 Å². The van der Waals surface area contributed by atoms with Crippen LogP contribution in [0.2, 0.25) is 5.02 Å². The van der Waals surface area contributed by atoms with Gasteiger partial charge in [-0.2, -0.15) is 0 Å². The molecule has 0 radical (unpaired) electrons. The number of benzene rings is 2. The zero-order valence-electron chi connectivity index (χ0n) is 19.8. The Balaban J connectivity index is 1.59. The van der Waals surface area contributed by atoms with Crippen LogP contribution in [0.25, 0.3) is 0 Å². The lowest BCUT2D eigenvalue weighted by molar-refractivity contribution is -0.117. The molecule has 0 saturated carbocycles. The number of halogens is 2. The van der Waals surface area contributed by atoms with Gasteiger partial charge in [-0.3, -0.25) is 9.59 Å². The van der Waals surface area contributed by atoms with Crippen molar-refractivity contribution < 1.29 is 19.1 Å². The number of methoxy groups -OCH3 is 1. The van der Waals surface area contributed by atoms with Gasteiger partial charge in [0.05, 0.1) is 12.1 Å². The minimum absolute atomic E-state index is 0.109. The van der Waals surface area contributed by atoms with E-state index in [0.717, 1.165) is 63.8 Å². The quantitative estimate of drug-likeness (QED) is 0.409. The molecule has 5 nitrogen and oxygen atoms in total. The standard InChI is InChI=1S/C28H27BrClNO4/c1-31-20-9-5-11-22(32)26(20)25(27-21(31)10-6-12-23(27)33)17-13-19(30)28(24(14-17)34-2)35-15-16-7-3-4-8-18(16)29/h3-4,7-8,13-14,25H,5-6,9-12,15H2,1-2H3. The molecular formula is C28H27BrClNO4. The Bertz CT molecular complexity index is 1240. The Hall–Kier alpha value is -2.57. The lowest BCUT2D eigenvalue weighted by Crippen LogP contribution is -2.37. The Morgan fingerprint density at radius 3 is 2.23 bits per heavy atom. The number of rotatable bonds is 5. The number of allylic oxidation sites excluding steroid dienone is 4. The number of carbonyl (C=O) groups excluding carboxylic acids is 2. The summed E-state index contributed by atoms with van der Waals surface area (Å²) >= 11 is 10.3. The highest BCUT2D eigenvalue weighted by Gasteiger charge is 2.42. The Morgan fingerprint density at radius 1 is 1.00 bits per heavy atom. The molecule has 0 N–H and O–H groups in total. The van der Waals surface area contributed by atoms with Gasteiger partial charge in [-0.1, -0.05) is 45.7 Å². The smallest absolute Gasteiger partial charge is 0.180 e. The molecule has 0 amide bonds. The summed E-state index contributed by atoms with van der Waals surface area (Å²) in [5, 5.41) is 0.390. The number of hydrogen-bond acceptors (Lipinski definition) is 5. The van der Waals surface area contributed by atoms with Gasteiger partial charge in [0, 0.05) is 58.4 Å². The first kappa shape index (κ1) is 24.1. The summed E-state index contributed by atoms with van der Waals surface area (Å²) in [6.45, 7) is 0.312.